The van der Waals surface area contributed by atoms with E-state index in [1.165, 1.54) is 18.5 Å². The summed E-state index contributed by atoms with van der Waals surface area (Å²) in [5.74, 6) is 0. The van der Waals surface area contributed by atoms with Gasteiger partial charge in [0.15, 0.2) is 0 Å². The second-order valence-corrected chi connectivity index (χ2v) is 3.81. The smallest absolute Gasteiger partial charge is 0.0636 e. The molecule has 3 heteroatoms. The molecule has 1 saturated heterocycles. The van der Waals surface area contributed by atoms with Crippen LogP contribution in [0.2, 0.25) is 5.02 Å². The van der Waals surface area contributed by atoms with Gasteiger partial charge in [-0.1, -0.05) is 11.6 Å². The van der Waals surface area contributed by atoms with E-state index in [1.54, 1.807) is 0 Å². The van der Waals surface area contributed by atoms with E-state index in [1.807, 2.05) is 18.2 Å². The lowest BCUT2D eigenvalue weighted by atomic mass is 10.2. The maximum absolute atomic E-state index is 5.84. The Morgan fingerprint density at radius 2 is 1.92 bits per heavy atom. The van der Waals surface area contributed by atoms with Crippen molar-refractivity contribution in [2.75, 3.05) is 23.7 Å². The van der Waals surface area contributed by atoms with E-state index in [-0.39, 0.29) is 0 Å². The zero-order chi connectivity index (χ0) is 9.26. The second-order valence-electron chi connectivity index (χ2n) is 3.40. The summed E-state index contributed by atoms with van der Waals surface area (Å²) in [7, 11) is 0. The minimum atomic E-state index is 0.642. The van der Waals surface area contributed by atoms with Crippen LogP contribution in [0.5, 0.6) is 0 Å². The van der Waals surface area contributed by atoms with Crippen LogP contribution in [0.3, 0.4) is 0 Å². The van der Waals surface area contributed by atoms with Crippen LogP contribution < -0.4 is 10.6 Å². The van der Waals surface area contributed by atoms with Gasteiger partial charge in [0.25, 0.3) is 0 Å². The first kappa shape index (κ1) is 8.70. The fourth-order valence-electron chi connectivity index (χ4n) is 1.70. The molecule has 1 fully saturated rings. The molecule has 2 rings (SSSR count). The summed E-state index contributed by atoms with van der Waals surface area (Å²) in [4.78, 5) is 2.34. The molecule has 0 amide bonds. The van der Waals surface area contributed by atoms with Crippen molar-refractivity contribution in [1.82, 2.24) is 0 Å². The highest BCUT2D eigenvalue weighted by Gasteiger charge is 2.12. The number of nitrogens with two attached hydrogens (primary N) is 1. The first-order chi connectivity index (χ1) is 6.27. The summed E-state index contributed by atoms with van der Waals surface area (Å²) in [6.45, 7) is 2.28. The fraction of sp³-hybridized carbons (Fsp3) is 0.400. The Morgan fingerprint density at radius 3 is 2.54 bits per heavy atom. The Balaban J connectivity index is 2.25. The number of rotatable bonds is 1. The second kappa shape index (κ2) is 3.46. The van der Waals surface area contributed by atoms with Crippen molar-refractivity contribution in [3.05, 3.63) is 23.2 Å². The van der Waals surface area contributed by atoms with E-state index in [2.05, 4.69) is 4.90 Å². The van der Waals surface area contributed by atoms with Crippen LogP contribution in [0.15, 0.2) is 18.2 Å². The van der Waals surface area contributed by atoms with Gasteiger partial charge in [0, 0.05) is 18.8 Å². The lowest BCUT2D eigenvalue weighted by Gasteiger charge is -2.17. The Labute approximate surface area is 83.3 Å². The van der Waals surface area contributed by atoms with E-state index in [4.69, 9.17) is 17.3 Å². The molecule has 1 aliphatic heterocycles. The molecule has 0 atom stereocenters. The molecule has 0 radical (unpaired) electrons. The third kappa shape index (κ3) is 1.73. The molecule has 1 aliphatic rings. The Kier molecular flexibility index (Phi) is 2.32. The van der Waals surface area contributed by atoms with E-state index < -0.39 is 0 Å². The molecule has 13 heavy (non-hydrogen) atoms. The highest BCUT2D eigenvalue weighted by molar-refractivity contribution is 6.33. The lowest BCUT2D eigenvalue weighted by molar-refractivity contribution is 0.949. The summed E-state index contributed by atoms with van der Waals surface area (Å²) in [5, 5.41) is 0.642. The number of halogens is 1. The number of nitrogens with zero attached hydrogens (tertiary/aromatic N) is 1. The van der Waals surface area contributed by atoms with Gasteiger partial charge in [-0.2, -0.15) is 0 Å². The predicted octanol–water partition coefficient (Wildman–Crippen LogP) is 2.52. The normalized spacial score (nSPS) is 16.5. The molecule has 0 saturated carbocycles. The Hall–Kier alpha value is -0.890. The molecule has 2 nitrogen and oxygen atoms in total. The van der Waals surface area contributed by atoms with Gasteiger partial charge in [-0.05, 0) is 31.0 Å². The lowest BCUT2D eigenvalue weighted by Crippen LogP contribution is -2.17. The molecule has 1 heterocycles. The SMILES string of the molecule is Nc1cc(N2CCCC2)ccc1Cl. The molecule has 2 N–H and O–H groups in total. The van der Waals surface area contributed by atoms with Crippen LogP contribution in [0.4, 0.5) is 11.4 Å². The van der Waals surface area contributed by atoms with Crippen molar-refractivity contribution in [2.45, 2.75) is 12.8 Å². The number of nitrogen functional groups attached to an aromatic ring is 1. The van der Waals surface area contributed by atoms with Crippen LogP contribution in [-0.2, 0) is 0 Å². The number of hydrogen-bond acceptors (Lipinski definition) is 2. The summed E-state index contributed by atoms with van der Waals surface area (Å²) in [5.41, 5.74) is 7.60. The summed E-state index contributed by atoms with van der Waals surface area (Å²) in [6.07, 6.45) is 2.56. The molecular formula is C10H13ClN2. The van der Waals surface area contributed by atoms with Crippen LogP contribution in [-0.4, -0.2) is 13.1 Å². The molecule has 1 aromatic rings. The van der Waals surface area contributed by atoms with Gasteiger partial charge in [-0.3, -0.25) is 0 Å². The van der Waals surface area contributed by atoms with Crippen molar-refractivity contribution in [1.29, 1.82) is 0 Å². The van der Waals surface area contributed by atoms with Crippen molar-refractivity contribution in [2.24, 2.45) is 0 Å². The van der Waals surface area contributed by atoms with Crippen molar-refractivity contribution >= 4 is 23.0 Å². The maximum atomic E-state index is 5.84. The van der Waals surface area contributed by atoms with E-state index >= 15 is 0 Å². The quantitative estimate of drug-likeness (QED) is 0.700. The van der Waals surface area contributed by atoms with Gasteiger partial charge in [-0.15, -0.1) is 0 Å². The first-order valence-corrected chi connectivity index (χ1v) is 4.95. The average Bonchev–Trinajstić information content (AvgIpc) is 2.62. The van der Waals surface area contributed by atoms with Gasteiger partial charge in [0.05, 0.1) is 10.7 Å². The minimum absolute atomic E-state index is 0.642. The standard InChI is InChI=1S/C10H13ClN2/c11-9-4-3-8(7-10(9)12)13-5-1-2-6-13/h3-4,7H,1-2,5-6,12H2. The predicted molar refractivity (Wildman–Crippen MR) is 57.3 cm³/mol. The van der Waals surface area contributed by atoms with E-state index in [0.29, 0.717) is 10.7 Å². The van der Waals surface area contributed by atoms with Gasteiger partial charge in [-0.25, -0.2) is 0 Å². The third-order valence-corrected chi connectivity index (χ3v) is 2.79. The first-order valence-electron chi connectivity index (χ1n) is 4.57. The topological polar surface area (TPSA) is 29.3 Å². The molecule has 1 aromatic carbocycles. The number of hydrogen-bond donors (Lipinski definition) is 1. The van der Waals surface area contributed by atoms with E-state index in [0.717, 1.165) is 13.1 Å². The highest BCUT2D eigenvalue weighted by atomic mass is 35.5. The van der Waals surface area contributed by atoms with Crippen LogP contribution in [0.25, 0.3) is 0 Å². The molecule has 0 spiro atoms. The summed E-state index contributed by atoms with van der Waals surface area (Å²) >= 11 is 5.84. The van der Waals surface area contributed by atoms with Crippen LogP contribution in [0, 0.1) is 0 Å². The van der Waals surface area contributed by atoms with Gasteiger partial charge >= 0.3 is 0 Å². The largest absolute Gasteiger partial charge is 0.397 e. The van der Waals surface area contributed by atoms with Gasteiger partial charge < -0.3 is 10.6 Å². The van der Waals surface area contributed by atoms with Crippen LogP contribution in [0.1, 0.15) is 12.8 Å². The zero-order valence-electron chi connectivity index (χ0n) is 7.46. The van der Waals surface area contributed by atoms with Gasteiger partial charge in [0.2, 0.25) is 0 Å². The summed E-state index contributed by atoms with van der Waals surface area (Å²) < 4.78 is 0. The monoisotopic (exact) mass is 196 g/mol. The van der Waals surface area contributed by atoms with E-state index in [9.17, 15) is 0 Å². The molecule has 70 valence electrons. The molecular weight excluding hydrogens is 184 g/mol. The molecule has 0 aliphatic carbocycles. The average molecular weight is 197 g/mol. The van der Waals surface area contributed by atoms with Gasteiger partial charge in [0.1, 0.15) is 0 Å². The van der Waals surface area contributed by atoms with Crippen LogP contribution >= 0.6 is 11.6 Å². The van der Waals surface area contributed by atoms with Crippen molar-refractivity contribution in [3.8, 4) is 0 Å². The number of benzene rings is 1. The molecule has 0 bridgehead atoms. The fourth-order valence-corrected chi connectivity index (χ4v) is 1.82. The summed E-state index contributed by atoms with van der Waals surface area (Å²) in [6, 6.07) is 5.85. The molecule has 0 aromatic heterocycles. The Morgan fingerprint density at radius 1 is 1.23 bits per heavy atom. The highest BCUT2D eigenvalue weighted by Crippen LogP contribution is 2.26. The van der Waals surface area contributed by atoms with Crippen molar-refractivity contribution < 1.29 is 0 Å². The maximum Gasteiger partial charge on any atom is 0.0636 e. The number of anilines is 2. The van der Waals surface area contributed by atoms with Crippen molar-refractivity contribution in [3.63, 3.8) is 0 Å². The third-order valence-electron chi connectivity index (χ3n) is 2.45. The molecule has 0 unspecified atom stereocenters. The zero-order valence-corrected chi connectivity index (χ0v) is 8.22. The minimum Gasteiger partial charge on any atom is -0.397 e. The Bertz CT molecular complexity index is 306.